The molecule has 7 nitrogen and oxygen atoms in total. The topological polar surface area (TPSA) is 101 Å². The van der Waals surface area contributed by atoms with Gasteiger partial charge in [0.05, 0.1) is 18.1 Å². The largest absolute Gasteiger partial charge is 0.491 e. The Bertz CT molecular complexity index is 656. The van der Waals surface area contributed by atoms with Gasteiger partial charge in [0.25, 0.3) is 0 Å². The van der Waals surface area contributed by atoms with Crippen LogP contribution in [-0.2, 0) is 0 Å². The molecule has 1 heterocycles. The average molecular weight is 311 g/mol. The van der Waals surface area contributed by atoms with Crippen LogP contribution in [0.4, 0.5) is 10.8 Å². The van der Waals surface area contributed by atoms with E-state index in [0.29, 0.717) is 29.2 Å². The number of nitrogens with zero attached hydrogens (tertiary/aromatic N) is 2. The van der Waals surface area contributed by atoms with Gasteiger partial charge in [0.15, 0.2) is 10.9 Å². The molecule has 0 spiro atoms. The molecule has 0 aliphatic rings. The van der Waals surface area contributed by atoms with Gasteiger partial charge < -0.3 is 15.2 Å². The Balaban J connectivity index is 2.62. The number of thiazole rings is 1. The third kappa shape index (κ3) is 3.15. The van der Waals surface area contributed by atoms with E-state index in [4.69, 9.17) is 15.2 Å². The molecule has 2 aromatic rings. The quantitative estimate of drug-likeness (QED) is 0.621. The fourth-order valence-corrected chi connectivity index (χ4v) is 2.71. The number of ether oxygens (including phenoxy) is 2. The highest BCUT2D eigenvalue weighted by atomic mass is 32.1. The van der Waals surface area contributed by atoms with Crippen LogP contribution in [0.2, 0.25) is 0 Å². The maximum Gasteiger partial charge on any atom is 0.330 e. The number of fused-ring (bicyclic) bond motifs is 1. The number of anilines is 1. The summed E-state index contributed by atoms with van der Waals surface area (Å²) in [4.78, 5) is 15.0. The summed E-state index contributed by atoms with van der Waals surface area (Å²) >= 11 is 1.07. The molecule has 2 N–H and O–H groups in total. The predicted octanol–water partition coefficient (Wildman–Crippen LogP) is 3.36. The molecule has 0 aliphatic carbocycles. The molecule has 114 valence electrons. The van der Waals surface area contributed by atoms with E-state index in [0.717, 1.165) is 24.2 Å². The van der Waals surface area contributed by atoms with Crippen LogP contribution in [0.15, 0.2) is 6.07 Å². The summed E-state index contributed by atoms with van der Waals surface area (Å²) in [7, 11) is 0. The third-order valence-corrected chi connectivity index (χ3v) is 3.58. The second-order valence-electron chi connectivity index (χ2n) is 4.41. The molecule has 0 aliphatic heterocycles. The second-order valence-corrected chi connectivity index (χ2v) is 5.44. The molecule has 0 fully saturated rings. The van der Waals surface area contributed by atoms with Crippen molar-refractivity contribution in [2.45, 2.75) is 26.7 Å². The maximum atomic E-state index is 11.4. The van der Waals surface area contributed by atoms with Crippen molar-refractivity contribution in [3.8, 4) is 11.5 Å². The number of nitro benzene ring substituents is 1. The molecule has 8 heteroatoms. The van der Waals surface area contributed by atoms with E-state index < -0.39 is 4.92 Å². The SMILES string of the molecule is CCCOc1cc(OCCC)c2nc(N)sc2c1[N+](=O)[O-]. The molecule has 0 saturated heterocycles. The monoisotopic (exact) mass is 311 g/mol. The number of hydrogen-bond donors (Lipinski definition) is 1. The van der Waals surface area contributed by atoms with Gasteiger partial charge in [0.2, 0.25) is 5.75 Å². The normalized spacial score (nSPS) is 10.8. The first-order valence-corrected chi connectivity index (χ1v) is 7.53. The third-order valence-electron chi connectivity index (χ3n) is 2.69. The molecular weight excluding hydrogens is 294 g/mol. The zero-order valence-electron chi connectivity index (χ0n) is 11.9. The number of rotatable bonds is 7. The van der Waals surface area contributed by atoms with E-state index in [-0.39, 0.29) is 16.6 Å². The Morgan fingerprint density at radius 1 is 1.29 bits per heavy atom. The van der Waals surface area contributed by atoms with Gasteiger partial charge in [-0.2, -0.15) is 0 Å². The molecule has 0 radical (unpaired) electrons. The molecule has 0 amide bonds. The Morgan fingerprint density at radius 2 is 1.90 bits per heavy atom. The van der Waals surface area contributed by atoms with Gasteiger partial charge in [-0.05, 0) is 12.8 Å². The number of aromatic nitrogens is 1. The summed E-state index contributed by atoms with van der Waals surface area (Å²) in [6.45, 7) is 4.81. The van der Waals surface area contributed by atoms with Gasteiger partial charge >= 0.3 is 5.69 Å². The second kappa shape index (κ2) is 6.57. The van der Waals surface area contributed by atoms with Crippen molar-refractivity contribution in [1.82, 2.24) is 4.98 Å². The van der Waals surface area contributed by atoms with E-state index >= 15 is 0 Å². The Hall–Kier alpha value is -2.09. The number of benzene rings is 1. The molecule has 0 saturated carbocycles. The lowest BCUT2D eigenvalue weighted by Crippen LogP contribution is -2.02. The summed E-state index contributed by atoms with van der Waals surface area (Å²) in [5.41, 5.74) is 6.01. The van der Waals surface area contributed by atoms with Gasteiger partial charge in [0.1, 0.15) is 10.2 Å². The van der Waals surface area contributed by atoms with Crippen LogP contribution in [0, 0.1) is 10.1 Å². The highest BCUT2D eigenvalue weighted by molar-refractivity contribution is 7.22. The summed E-state index contributed by atoms with van der Waals surface area (Å²) in [6.07, 6.45) is 1.58. The average Bonchev–Trinajstić information content (AvgIpc) is 2.82. The summed E-state index contributed by atoms with van der Waals surface area (Å²) in [5.74, 6) is 0.667. The molecule has 0 unspecified atom stereocenters. The highest BCUT2D eigenvalue weighted by Crippen LogP contribution is 2.44. The van der Waals surface area contributed by atoms with Crippen LogP contribution in [-0.4, -0.2) is 23.1 Å². The summed E-state index contributed by atoms with van der Waals surface area (Å²) < 4.78 is 11.5. The highest BCUT2D eigenvalue weighted by Gasteiger charge is 2.26. The Morgan fingerprint density at radius 3 is 2.48 bits per heavy atom. The molecule has 0 bridgehead atoms. The van der Waals surface area contributed by atoms with Crippen molar-refractivity contribution in [3.63, 3.8) is 0 Å². The first-order chi connectivity index (χ1) is 10.1. The van der Waals surface area contributed by atoms with Crippen LogP contribution >= 0.6 is 11.3 Å². The van der Waals surface area contributed by atoms with Gasteiger partial charge in [-0.1, -0.05) is 25.2 Å². The van der Waals surface area contributed by atoms with Gasteiger partial charge in [-0.25, -0.2) is 4.98 Å². The Labute approximate surface area is 125 Å². The van der Waals surface area contributed by atoms with E-state index in [1.165, 1.54) is 6.07 Å². The van der Waals surface area contributed by atoms with Crippen LogP contribution in [0.1, 0.15) is 26.7 Å². The molecule has 21 heavy (non-hydrogen) atoms. The molecular formula is C13H17N3O4S. The van der Waals surface area contributed by atoms with Crippen LogP contribution in [0.5, 0.6) is 11.5 Å². The first-order valence-electron chi connectivity index (χ1n) is 6.71. The standard InChI is InChI=1S/C13H17N3O4S/c1-3-5-19-8-7-9(20-6-4-2)11(16(17)18)12-10(8)15-13(14)21-12/h7H,3-6H2,1-2H3,(H2,14,15). The number of nitrogens with two attached hydrogens (primary N) is 1. The van der Waals surface area contributed by atoms with Gasteiger partial charge in [0, 0.05) is 6.07 Å². The fraction of sp³-hybridized carbons (Fsp3) is 0.462. The van der Waals surface area contributed by atoms with Crippen LogP contribution < -0.4 is 15.2 Å². The van der Waals surface area contributed by atoms with E-state index in [9.17, 15) is 10.1 Å². The zero-order valence-corrected chi connectivity index (χ0v) is 12.7. The fourth-order valence-electron chi connectivity index (χ4n) is 1.85. The number of nitro groups is 1. The molecule has 1 aromatic carbocycles. The van der Waals surface area contributed by atoms with Crippen molar-refractivity contribution in [2.24, 2.45) is 0 Å². The lowest BCUT2D eigenvalue weighted by Gasteiger charge is -2.10. The minimum atomic E-state index is -0.464. The minimum absolute atomic E-state index is 0.100. The maximum absolute atomic E-state index is 11.4. The van der Waals surface area contributed by atoms with Crippen molar-refractivity contribution in [3.05, 3.63) is 16.2 Å². The summed E-state index contributed by atoms with van der Waals surface area (Å²) in [6, 6.07) is 1.53. The first kappa shape index (κ1) is 15.3. The minimum Gasteiger partial charge on any atom is -0.491 e. The molecule has 2 rings (SSSR count). The van der Waals surface area contributed by atoms with Gasteiger partial charge in [-0.15, -0.1) is 0 Å². The predicted molar refractivity (Wildman–Crippen MR) is 82.3 cm³/mol. The van der Waals surface area contributed by atoms with Gasteiger partial charge in [-0.3, -0.25) is 10.1 Å². The lowest BCUT2D eigenvalue weighted by atomic mass is 10.2. The summed E-state index contributed by atoms with van der Waals surface area (Å²) in [5, 5.41) is 11.6. The van der Waals surface area contributed by atoms with E-state index in [1.807, 2.05) is 13.8 Å². The van der Waals surface area contributed by atoms with E-state index in [2.05, 4.69) is 4.98 Å². The van der Waals surface area contributed by atoms with Crippen molar-refractivity contribution >= 4 is 32.4 Å². The van der Waals surface area contributed by atoms with Crippen molar-refractivity contribution < 1.29 is 14.4 Å². The molecule has 1 aromatic heterocycles. The molecule has 0 atom stereocenters. The Kier molecular flexibility index (Phi) is 4.79. The number of hydrogen-bond acceptors (Lipinski definition) is 7. The lowest BCUT2D eigenvalue weighted by molar-refractivity contribution is -0.383. The van der Waals surface area contributed by atoms with Crippen molar-refractivity contribution in [2.75, 3.05) is 18.9 Å². The number of nitrogen functional groups attached to an aromatic ring is 1. The van der Waals surface area contributed by atoms with E-state index in [1.54, 1.807) is 0 Å². The zero-order chi connectivity index (χ0) is 15.4. The van der Waals surface area contributed by atoms with Crippen LogP contribution in [0.3, 0.4) is 0 Å². The van der Waals surface area contributed by atoms with Crippen molar-refractivity contribution in [1.29, 1.82) is 0 Å². The van der Waals surface area contributed by atoms with Crippen LogP contribution in [0.25, 0.3) is 10.2 Å². The smallest absolute Gasteiger partial charge is 0.330 e.